The molecule has 0 spiro atoms. The molecule has 1 amide bonds. The quantitative estimate of drug-likeness (QED) is 0.926. The van der Waals surface area contributed by atoms with Crippen molar-refractivity contribution in [3.8, 4) is 0 Å². The summed E-state index contributed by atoms with van der Waals surface area (Å²) in [5.41, 5.74) is -0.259. The van der Waals surface area contributed by atoms with Crippen LogP contribution >= 0.6 is 0 Å². The second-order valence-corrected chi connectivity index (χ2v) is 5.94. The van der Waals surface area contributed by atoms with Gasteiger partial charge in [-0.05, 0) is 18.6 Å². The number of hydrogen-bond donors (Lipinski definition) is 1. The van der Waals surface area contributed by atoms with Gasteiger partial charge in [-0.3, -0.25) is 9.78 Å². The van der Waals surface area contributed by atoms with Gasteiger partial charge in [-0.15, -0.1) is 0 Å². The van der Waals surface area contributed by atoms with Gasteiger partial charge in [-0.2, -0.15) is 13.2 Å². The highest BCUT2D eigenvalue weighted by atomic mass is 19.4. The van der Waals surface area contributed by atoms with E-state index >= 15 is 0 Å². The Morgan fingerprint density at radius 3 is 2.83 bits per heavy atom. The van der Waals surface area contributed by atoms with Crippen LogP contribution in [-0.4, -0.2) is 34.9 Å². The predicted molar refractivity (Wildman–Crippen MR) is 85.6 cm³/mol. The van der Waals surface area contributed by atoms with E-state index in [1.54, 1.807) is 17.0 Å². The Labute approximate surface area is 137 Å². The molecule has 1 atom stereocenters. The van der Waals surface area contributed by atoms with Crippen molar-refractivity contribution in [1.82, 2.24) is 9.88 Å². The van der Waals surface area contributed by atoms with Gasteiger partial charge in [0.25, 0.3) is 0 Å². The minimum absolute atomic E-state index is 0.0729. The summed E-state index contributed by atoms with van der Waals surface area (Å²) in [7, 11) is 0. The summed E-state index contributed by atoms with van der Waals surface area (Å²) >= 11 is 0. The molecule has 1 saturated heterocycles. The van der Waals surface area contributed by atoms with Gasteiger partial charge in [0.2, 0.25) is 5.91 Å². The number of alkyl halides is 3. The molecule has 0 aliphatic carbocycles. The number of rotatable bonds is 4. The van der Waals surface area contributed by atoms with E-state index in [4.69, 9.17) is 0 Å². The lowest BCUT2D eigenvalue weighted by molar-refractivity contribution is -0.136. The SMILES string of the molecule is CCCN1CC(Nc2ccnc3c(C(F)(F)F)cccc23)CC1=O. The Balaban J connectivity index is 1.90. The van der Waals surface area contributed by atoms with Crippen molar-refractivity contribution < 1.29 is 18.0 Å². The molecule has 7 heteroatoms. The van der Waals surface area contributed by atoms with E-state index < -0.39 is 11.7 Å². The molecule has 1 aliphatic heterocycles. The number of likely N-dealkylation sites (tertiary alicyclic amines) is 1. The molecule has 0 saturated carbocycles. The van der Waals surface area contributed by atoms with Gasteiger partial charge in [0.05, 0.1) is 17.1 Å². The minimum Gasteiger partial charge on any atom is -0.379 e. The predicted octanol–water partition coefficient (Wildman–Crippen LogP) is 3.68. The first-order chi connectivity index (χ1) is 11.4. The highest BCUT2D eigenvalue weighted by Crippen LogP contribution is 2.36. The smallest absolute Gasteiger partial charge is 0.379 e. The maximum atomic E-state index is 13.1. The molecule has 4 nitrogen and oxygen atoms in total. The molecular formula is C17H18F3N3O. The number of hydrogen-bond acceptors (Lipinski definition) is 3. The number of benzene rings is 1. The van der Waals surface area contributed by atoms with Crippen LogP contribution in [0.1, 0.15) is 25.3 Å². The van der Waals surface area contributed by atoms with Crippen molar-refractivity contribution in [2.45, 2.75) is 32.0 Å². The van der Waals surface area contributed by atoms with Crippen molar-refractivity contribution in [2.75, 3.05) is 18.4 Å². The van der Waals surface area contributed by atoms with E-state index in [1.807, 2.05) is 6.92 Å². The fraction of sp³-hybridized carbons (Fsp3) is 0.412. The van der Waals surface area contributed by atoms with Crippen LogP contribution in [0.4, 0.5) is 18.9 Å². The number of amides is 1. The van der Waals surface area contributed by atoms with E-state index in [0.29, 0.717) is 30.6 Å². The maximum absolute atomic E-state index is 13.1. The third-order valence-corrected chi connectivity index (χ3v) is 4.14. The topological polar surface area (TPSA) is 45.2 Å². The third-order valence-electron chi connectivity index (χ3n) is 4.14. The first-order valence-electron chi connectivity index (χ1n) is 7.89. The number of aromatic nitrogens is 1. The van der Waals surface area contributed by atoms with Crippen LogP contribution in [0.15, 0.2) is 30.5 Å². The second kappa shape index (κ2) is 6.30. The average molecular weight is 337 g/mol. The van der Waals surface area contributed by atoms with Crippen LogP contribution in [0, 0.1) is 0 Å². The second-order valence-electron chi connectivity index (χ2n) is 5.94. The zero-order chi connectivity index (χ0) is 17.3. The van der Waals surface area contributed by atoms with Crippen LogP contribution in [0.3, 0.4) is 0 Å². The standard InChI is InChI=1S/C17H18F3N3O/c1-2-8-23-10-11(9-15(23)24)22-14-6-7-21-16-12(14)4-3-5-13(16)17(18,19)20/h3-7,11H,2,8-10H2,1H3,(H,21,22). The van der Waals surface area contributed by atoms with E-state index in [-0.39, 0.29) is 17.5 Å². The molecule has 2 heterocycles. The molecule has 1 unspecified atom stereocenters. The molecule has 0 bridgehead atoms. The Hall–Kier alpha value is -2.31. The van der Waals surface area contributed by atoms with Crippen LogP contribution in [0.2, 0.25) is 0 Å². The van der Waals surface area contributed by atoms with Crippen molar-refractivity contribution in [2.24, 2.45) is 0 Å². The lowest BCUT2D eigenvalue weighted by Crippen LogP contribution is -2.28. The van der Waals surface area contributed by atoms with Gasteiger partial charge < -0.3 is 10.2 Å². The van der Waals surface area contributed by atoms with Gasteiger partial charge in [-0.25, -0.2) is 0 Å². The largest absolute Gasteiger partial charge is 0.418 e. The molecule has 24 heavy (non-hydrogen) atoms. The van der Waals surface area contributed by atoms with Crippen LogP contribution in [0.25, 0.3) is 10.9 Å². The van der Waals surface area contributed by atoms with Crippen LogP contribution < -0.4 is 5.32 Å². The summed E-state index contributed by atoms with van der Waals surface area (Å²) in [6.07, 6.45) is -1.86. The van der Waals surface area contributed by atoms with Crippen molar-refractivity contribution in [3.05, 3.63) is 36.0 Å². The normalized spacial score (nSPS) is 18.4. The minimum atomic E-state index is -4.45. The number of carbonyl (C=O) groups is 1. The van der Waals surface area contributed by atoms with Gasteiger partial charge in [0.1, 0.15) is 0 Å². The number of carbonyl (C=O) groups excluding carboxylic acids is 1. The molecule has 128 valence electrons. The van der Waals surface area contributed by atoms with Crippen molar-refractivity contribution >= 4 is 22.5 Å². The fourth-order valence-corrected chi connectivity index (χ4v) is 3.11. The molecule has 1 aliphatic rings. The first-order valence-corrected chi connectivity index (χ1v) is 7.89. The van der Waals surface area contributed by atoms with Crippen molar-refractivity contribution in [3.63, 3.8) is 0 Å². The number of nitrogens with one attached hydrogen (secondary N) is 1. The molecule has 2 aromatic rings. The van der Waals surface area contributed by atoms with Crippen LogP contribution in [-0.2, 0) is 11.0 Å². The Morgan fingerprint density at radius 2 is 2.12 bits per heavy atom. The lowest BCUT2D eigenvalue weighted by atomic mass is 10.1. The number of para-hydroxylation sites is 1. The molecule has 1 aromatic carbocycles. The van der Waals surface area contributed by atoms with Gasteiger partial charge in [0, 0.05) is 36.8 Å². The van der Waals surface area contributed by atoms with E-state index in [0.717, 1.165) is 12.5 Å². The highest BCUT2D eigenvalue weighted by molar-refractivity contribution is 5.93. The zero-order valence-corrected chi connectivity index (χ0v) is 13.2. The number of nitrogens with zero attached hydrogens (tertiary/aromatic N) is 2. The molecule has 3 rings (SSSR count). The van der Waals surface area contributed by atoms with Gasteiger partial charge in [-0.1, -0.05) is 19.1 Å². The molecule has 1 fully saturated rings. The lowest BCUT2D eigenvalue weighted by Gasteiger charge is -2.18. The number of fused-ring (bicyclic) bond motifs is 1. The summed E-state index contributed by atoms with van der Waals surface area (Å²) in [5.74, 6) is 0.0729. The molecule has 1 N–H and O–H groups in total. The highest BCUT2D eigenvalue weighted by Gasteiger charge is 2.34. The first kappa shape index (κ1) is 16.5. The van der Waals surface area contributed by atoms with E-state index in [1.165, 1.54) is 12.3 Å². The van der Waals surface area contributed by atoms with E-state index in [2.05, 4.69) is 10.3 Å². The number of anilines is 1. The zero-order valence-electron chi connectivity index (χ0n) is 13.2. The Bertz CT molecular complexity index is 760. The summed E-state index contributed by atoms with van der Waals surface area (Å²) in [5, 5.41) is 3.62. The van der Waals surface area contributed by atoms with Crippen LogP contribution in [0.5, 0.6) is 0 Å². The maximum Gasteiger partial charge on any atom is 0.418 e. The average Bonchev–Trinajstić information content (AvgIpc) is 2.86. The van der Waals surface area contributed by atoms with E-state index in [9.17, 15) is 18.0 Å². The Morgan fingerprint density at radius 1 is 1.33 bits per heavy atom. The monoisotopic (exact) mass is 337 g/mol. The molecule has 1 aromatic heterocycles. The summed E-state index contributed by atoms with van der Waals surface area (Å²) in [6.45, 7) is 3.27. The molecule has 0 radical (unpaired) electrons. The fourth-order valence-electron chi connectivity index (χ4n) is 3.11. The van der Waals surface area contributed by atoms with Gasteiger partial charge in [0.15, 0.2) is 0 Å². The van der Waals surface area contributed by atoms with Gasteiger partial charge >= 0.3 is 6.18 Å². The summed E-state index contributed by atoms with van der Waals surface area (Å²) < 4.78 is 39.4. The van der Waals surface area contributed by atoms with Crippen molar-refractivity contribution in [1.29, 1.82) is 0 Å². The molecular weight excluding hydrogens is 319 g/mol. The Kier molecular flexibility index (Phi) is 4.34. The third kappa shape index (κ3) is 3.16. The summed E-state index contributed by atoms with van der Waals surface area (Å²) in [6, 6.07) is 5.56. The number of halogens is 3. The number of pyridine rings is 1. The summed E-state index contributed by atoms with van der Waals surface area (Å²) in [4.78, 5) is 17.6.